The van der Waals surface area contributed by atoms with E-state index in [9.17, 15) is 0 Å². The van der Waals surface area contributed by atoms with Crippen LogP contribution in [0.25, 0.3) is 0 Å². The lowest BCUT2D eigenvalue weighted by Gasteiger charge is -2.29. The molecule has 1 saturated heterocycles. The summed E-state index contributed by atoms with van der Waals surface area (Å²) in [6.45, 7) is 7.70. The number of rotatable bonds is 0. The summed E-state index contributed by atoms with van der Waals surface area (Å²) in [6, 6.07) is 0. The largest absolute Gasteiger partial charge is 0.378 e. The molecular formula is C9H19NO. The third-order valence-electron chi connectivity index (χ3n) is 2.47. The van der Waals surface area contributed by atoms with E-state index in [1.807, 2.05) is 0 Å². The second kappa shape index (κ2) is 4.07. The quantitative estimate of drug-likeness (QED) is 0.526. The maximum Gasteiger partial charge on any atom is 0.0584 e. The first-order chi connectivity index (χ1) is 5.20. The van der Waals surface area contributed by atoms with Gasteiger partial charge in [0.05, 0.1) is 6.10 Å². The third kappa shape index (κ3) is 2.80. The molecule has 0 bridgehead atoms. The summed E-state index contributed by atoms with van der Waals surface area (Å²) in [5, 5.41) is 0. The summed E-state index contributed by atoms with van der Waals surface area (Å²) < 4.78 is 5.62. The molecule has 0 radical (unpaired) electrons. The van der Waals surface area contributed by atoms with Gasteiger partial charge in [-0.25, -0.2) is 0 Å². The van der Waals surface area contributed by atoms with Crippen molar-refractivity contribution in [3.63, 3.8) is 0 Å². The standard InChI is InChI=1S/C9H19NO/c1-8-7-10(3)5-4-6-11-9(8)2/h8-9H,4-7H2,1-3H3. The Morgan fingerprint density at radius 1 is 1.36 bits per heavy atom. The molecule has 1 aliphatic rings. The van der Waals surface area contributed by atoms with Crippen LogP contribution in [0.2, 0.25) is 0 Å². The van der Waals surface area contributed by atoms with Crippen LogP contribution in [-0.2, 0) is 4.74 Å². The van der Waals surface area contributed by atoms with Crippen molar-refractivity contribution in [1.29, 1.82) is 0 Å². The molecule has 0 N–H and O–H groups in total. The molecule has 66 valence electrons. The van der Waals surface area contributed by atoms with Crippen molar-refractivity contribution in [2.75, 3.05) is 26.7 Å². The van der Waals surface area contributed by atoms with Crippen molar-refractivity contribution in [3.8, 4) is 0 Å². The molecule has 0 aliphatic carbocycles. The fourth-order valence-electron chi connectivity index (χ4n) is 1.50. The molecule has 0 amide bonds. The molecule has 2 heteroatoms. The zero-order valence-corrected chi connectivity index (χ0v) is 7.84. The van der Waals surface area contributed by atoms with E-state index in [2.05, 4.69) is 25.8 Å². The SMILES string of the molecule is CC1CN(C)CCCOC1C. The average Bonchev–Trinajstić information content (AvgIpc) is 1.95. The predicted molar refractivity (Wildman–Crippen MR) is 46.7 cm³/mol. The van der Waals surface area contributed by atoms with E-state index in [0.29, 0.717) is 12.0 Å². The number of nitrogens with zero attached hydrogens (tertiary/aromatic N) is 1. The molecule has 1 aliphatic heterocycles. The van der Waals surface area contributed by atoms with E-state index in [4.69, 9.17) is 4.74 Å². The van der Waals surface area contributed by atoms with Gasteiger partial charge < -0.3 is 9.64 Å². The molecule has 2 nitrogen and oxygen atoms in total. The van der Waals surface area contributed by atoms with Gasteiger partial charge in [0.1, 0.15) is 0 Å². The van der Waals surface area contributed by atoms with Gasteiger partial charge in [-0.3, -0.25) is 0 Å². The lowest BCUT2D eigenvalue weighted by molar-refractivity contribution is 0.00107. The monoisotopic (exact) mass is 157 g/mol. The maximum absolute atomic E-state index is 5.62. The van der Waals surface area contributed by atoms with Crippen LogP contribution in [0.5, 0.6) is 0 Å². The minimum atomic E-state index is 0.428. The van der Waals surface area contributed by atoms with E-state index in [0.717, 1.165) is 6.61 Å². The summed E-state index contributed by atoms with van der Waals surface area (Å²) in [5.41, 5.74) is 0. The lowest BCUT2D eigenvalue weighted by atomic mass is 10.1. The summed E-state index contributed by atoms with van der Waals surface area (Å²) in [4.78, 5) is 2.39. The Labute approximate surface area is 69.5 Å². The van der Waals surface area contributed by atoms with Crippen LogP contribution >= 0.6 is 0 Å². The van der Waals surface area contributed by atoms with Gasteiger partial charge in [-0.05, 0) is 26.3 Å². The molecular weight excluding hydrogens is 138 g/mol. The van der Waals surface area contributed by atoms with Gasteiger partial charge >= 0.3 is 0 Å². The van der Waals surface area contributed by atoms with Crippen molar-refractivity contribution in [2.45, 2.75) is 26.4 Å². The first kappa shape index (κ1) is 9.01. The zero-order valence-electron chi connectivity index (χ0n) is 7.84. The predicted octanol–water partition coefficient (Wildman–Crippen LogP) is 1.36. The summed E-state index contributed by atoms with van der Waals surface area (Å²) in [7, 11) is 2.19. The highest BCUT2D eigenvalue weighted by Crippen LogP contribution is 2.11. The molecule has 0 aromatic heterocycles. The van der Waals surface area contributed by atoms with Crippen LogP contribution in [0.15, 0.2) is 0 Å². The molecule has 11 heavy (non-hydrogen) atoms. The molecule has 2 atom stereocenters. The van der Waals surface area contributed by atoms with Crippen molar-refractivity contribution < 1.29 is 4.74 Å². The normalized spacial score (nSPS) is 36.3. The minimum Gasteiger partial charge on any atom is -0.378 e. The second-order valence-corrected chi connectivity index (χ2v) is 3.67. The van der Waals surface area contributed by atoms with Gasteiger partial charge in [0.2, 0.25) is 0 Å². The Bertz CT molecular complexity index is 116. The molecule has 2 unspecified atom stereocenters. The van der Waals surface area contributed by atoms with E-state index in [1.165, 1.54) is 19.5 Å². The van der Waals surface area contributed by atoms with E-state index in [-0.39, 0.29) is 0 Å². The minimum absolute atomic E-state index is 0.428. The fourth-order valence-corrected chi connectivity index (χ4v) is 1.50. The molecule has 1 heterocycles. The highest BCUT2D eigenvalue weighted by Gasteiger charge is 2.16. The number of ether oxygens (including phenoxy) is 1. The van der Waals surface area contributed by atoms with Crippen LogP contribution in [0.1, 0.15) is 20.3 Å². The first-order valence-corrected chi connectivity index (χ1v) is 4.50. The Morgan fingerprint density at radius 2 is 2.09 bits per heavy atom. The summed E-state index contributed by atoms with van der Waals surface area (Å²) in [5.74, 6) is 0.667. The fraction of sp³-hybridized carbons (Fsp3) is 1.00. The summed E-state index contributed by atoms with van der Waals surface area (Å²) in [6.07, 6.45) is 1.60. The lowest BCUT2D eigenvalue weighted by Crippen LogP contribution is -2.35. The van der Waals surface area contributed by atoms with Crippen molar-refractivity contribution >= 4 is 0 Å². The maximum atomic E-state index is 5.62. The van der Waals surface area contributed by atoms with Crippen LogP contribution in [0.4, 0.5) is 0 Å². The molecule has 0 aromatic rings. The molecule has 1 fully saturated rings. The Balaban J connectivity index is 2.38. The highest BCUT2D eigenvalue weighted by atomic mass is 16.5. The Kier molecular flexibility index (Phi) is 3.34. The topological polar surface area (TPSA) is 12.5 Å². The Morgan fingerprint density at radius 3 is 2.82 bits per heavy atom. The average molecular weight is 157 g/mol. The zero-order chi connectivity index (χ0) is 8.27. The second-order valence-electron chi connectivity index (χ2n) is 3.67. The van der Waals surface area contributed by atoms with E-state index in [1.54, 1.807) is 0 Å². The summed E-state index contributed by atoms with van der Waals surface area (Å²) >= 11 is 0. The van der Waals surface area contributed by atoms with Crippen molar-refractivity contribution in [1.82, 2.24) is 4.90 Å². The van der Waals surface area contributed by atoms with E-state index < -0.39 is 0 Å². The Hall–Kier alpha value is -0.0800. The first-order valence-electron chi connectivity index (χ1n) is 4.50. The third-order valence-corrected chi connectivity index (χ3v) is 2.47. The van der Waals surface area contributed by atoms with Gasteiger partial charge in [-0.2, -0.15) is 0 Å². The van der Waals surface area contributed by atoms with Crippen molar-refractivity contribution in [3.05, 3.63) is 0 Å². The van der Waals surface area contributed by atoms with Crippen LogP contribution < -0.4 is 0 Å². The molecule has 0 spiro atoms. The molecule has 0 saturated carbocycles. The number of hydrogen-bond acceptors (Lipinski definition) is 2. The van der Waals surface area contributed by atoms with Crippen LogP contribution in [-0.4, -0.2) is 37.7 Å². The van der Waals surface area contributed by atoms with Gasteiger partial charge in [-0.1, -0.05) is 6.92 Å². The van der Waals surface area contributed by atoms with Gasteiger partial charge in [0.15, 0.2) is 0 Å². The molecule has 0 aromatic carbocycles. The van der Waals surface area contributed by atoms with Gasteiger partial charge in [0, 0.05) is 19.7 Å². The number of hydrogen-bond donors (Lipinski definition) is 0. The smallest absolute Gasteiger partial charge is 0.0584 e. The molecule has 1 rings (SSSR count). The van der Waals surface area contributed by atoms with Gasteiger partial charge in [0.25, 0.3) is 0 Å². The van der Waals surface area contributed by atoms with E-state index >= 15 is 0 Å². The van der Waals surface area contributed by atoms with Crippen LogP contribution in [0.3, 0.4) is 0 Å². The van der Waals surface area contributed by atoms with Crippen LogP contribution in [0, 0.1) is 5.92 Å². The van der Waals surface area contributed by atoms with Crippen molar-refractivity contribution in [2.24, 2.45) is 5.92 Å². The van der Waals surface area contributed by atoms with Gasteiger partial charge in [-0.15, -0.1) is 0 Å². The highest BCUT2D eigenvalue weighted by molar-refractivity contribution is 4.68.